The maximum absolute atomic E-state index is 10.9. The van der Waals surface area contributed by atoms with Crippen molar-refractivity contribution in [3.8, 4) is 0 Å². The van der Waals surface area contributed by atoms with Crippen molar-refractivity contribution in [1.29, 1.82) is 0 Å². The molecule has 0 saturated heterocycles. The molecule has 26 heavy (non-hydrogen) atoms. The van der Waals surface area contributed by atoms with Crippen LogP contribution in [0.15, 0.2) is 0 Å². The van der Waals surface area contributed by atoms with Crippen molar-refractivity contribution < 1.29 is 30.6 Å². The Morgan fingerprint density at radius 2 is 0.846 bits per heavy atom. The molecule has 0 fully saturated rings. The second kappa shape index (κ2) is 16.9. The highest BCUT2D eigenvalue weighted by atomic mass is 16.4. The van der Waals surface area contributed by atoms with Crippen molar-refractivity contribution in [3.63, 3.8) is 0 Å². The first-order valence-electron chi connectivity index (χ1n) is 10.4. The van der Waals surface area contributed by atoms with Crippen LogP contribution in [0.4, 0.5) is 0 Å². The topological polar surface area (TPSA) is 121 Å². The van der Waals surface area contributed by atoms with Gasteiger partial charge in [-0.2, -0.15) is 0 Å². The van der Waals surface area contributed by atoms with E-state index in [0.29, 0.717) is 32.1 Å². The van der Waals surface area contributed by atoms with Gasteiger partial charge in [0, 0.05) is 19.8 Å². The number of rotatable bonds is 19. The van der Waals surface area contributed by atoms with E-state index in [1.165, 1.54) is 0 Å². The van der Waals surface area contributed by atoms with E-state index in [-0.39, 0.29) is 26.2 Å². The van der Waals surface area contributed by atoms with Crippen LogP contribution < -0.4 is 0 Å². The standard InChI is InChI=1S/C20H42O6/c21-15-9-5-3-1-2-4-7-12-18(24)20(26,14-11-17-23)19(25)13-8-6-10-16-22/h18-19,21-26H,1-17H2. The summed E-state index contributed by atoms with van der Waals surface area (Å²) < 4.78 is 0. The predicted molar refractivity (Wildman–Crippen MR) is 103 cm³/mol. The van der Waals surface area contributed by atoms with Gasteiger partial charge in [0.25, 0.3) is 0 Å². The Morgan fingerprint density at radius 3 is 1.27 bits per heavy atom. The summed E-state index contributed by atoms with van der Waals surface area (Å²) in [6.07, 6.45) is 8.37. The normalized spacial score (nSPS) is 16.4. The summed E-state index contributed by atoms with van der Waals surface area (Å²) in [7, 11) is 0. The molecule has 0 aromatic rings. The van der Waals surface area contributed by atoms with Crippen LogP contribution in [-0.2, 0) is 0 Å². The van der Waals surface area contributed by atoms with Crippen LogP contribution in [-0.4, -0.2) is 68.3 Å². The van der Waals surface area contributed by atoms with E-state index >= 15 is 0 Å². The maximum Gasteiger partial charge on any atom is 0.116 e. The molecule has 0 aliphatic heterocycles. The number of hydrogen-bond acceptors (Lipinski definition) is 6. The summed E-state index contributed by atoms with van der Waals surface area (Å²) in [5.41, 5.74) is -1.58. The molecule has 0 amide bonds. The lowest BCUT2D eigenvalue weighted by Gasteiger charge is -2.37. The molecule has 3 atom stereocenters. The molecule has 0 bridgehead atoms. The molecule has 0 spiro atoms. The Kier molecular flexibility index (Phi) is 16.7. The van der Waals surface area contributed by atoms with E-state index < -0.39 is 17.8 Å². The molecule has 6 N–H and O–H groups in total. The summed E-state index contributed by atoms with van der Waals surface area (Å²) in [5, 5.41) is 58.3. The van der Waals surface area contributed by atoms with Crippen LogP contribution in [0, 0.1) is 0 Å². The lowest BCUT2D eigenvalue weighted by molar-refractivity contribution is -0.156. The highest BCUT2D eigenvalue weighted by molar-refractivity contribution is 4.93. The second-order valence-electron chi connectivity index (χ2n) is 7.41. The van der Waals surface area contributed by atoms with Crippen LogP contribution in [0.2, 0.25) is 0 Å². The summed E-state index contributed by atoms with van der Waals surface area (Å²) in [5.74, 6) is 0. The lowest BCUT2D eigenvalue weighted by Crippen LogP contribution is -2.52. The van der Waals surface area contributed by atoms with Gasteiger partial charge in [-0.05, 0) is 38.5 Å². The van der Waals surface area contributed by atoms with Gasteiger partial charge in [0.05, 0.1) is 12.2 Å². The average Bonchev–Trinajstić information content (AvgIpc) is 2.64. The molecular formula is C20H42O6. The van der Waals surface area contributed by atoms with Gasteiger partial charge in [-0.3, -0.25) is 0 Å². The van der Waals surface area contributed by atoms with Gasteiger partial charge in [-0.25, -0.2) is 0 Å². The quantitative estimate of drug-likeness (QED) is 0.191. The first-order valence-corrected chi connectivity index (χ1v) is 10.4. The molecule has 0 aromatic carbocycles. The van der Waals surface area contributed by atoms with Gasteiger partial charge < -0.3 is 30.6 Å². The molecule has 0 rings (SSSR count). The van der Waals surface area contributed by atoms with Crippen molar-refractivity contribution in [2.75, 3.05) is 19.8 Å². The zero-order valence-electron chi connectivity index (χ0n) is 16.4. The SMILES string of the molecule is OCCCCCCCCCC(O)C(O)(CCCO)C(O)CCCCCO. The largest absolute Gasteiger partial charge is 0.396 e. The fraction of sp³-hybridized carbons (Fsp3) is 1.00. The van der Waals surface area contributed by atoms with Crippen molar-refractivity contribution in [2.45, 2.75) is 108 Å². The van der Waals surface area contributed by atoms with Gasteiger partial charge >= 0.3 is 0 Å². The Bertz CT molecular complexity index is 302. The molecule has 0 heterocycles. The molecule has 0 aliphatic rings. The third kappa shape index (κ3) is 11.5. The van der Waals surface area contributed by atoms with Crippen molar-refractivity contribution >= 4 is 0 Å². The number of aliphatic hydroxyl groups is 6. The fourth-order valence-corrected chi connectivity index (χ4v) is 3.38. The zero-order chi connectivity index (χ0) is 19.7. The minimum atomic E-state index is -1.58. The summed E-state index contributed by atoms with van der Waals surface area (Å²) in [6.45, 7) is 0.286. The third-order valence-electron chi connectivity index (χ3n) is 5.16. The third-order valence-corrected chi connectivity index (χ3v) is 5.16. The molecule has 6 nitrogen and oxygen atoms in total. The summed E-state index contributed by atoms with van der Waals surface area (Å²) in [4.78, 5) is 0. The Hall–Kier alpha value is -0.240. The van der Waals surface area contributed by atoms with Crippen molar-refractivity contribution in [3.05, 3.63) is 0 Å². The van der Waals surface area contributed by atoms with Crippen LogP contribution in [0.3, 0.4) is 0 Å². The molecule has 0 aromatic heterocycles. The van der Waals surface area contributed by atoms with E-state index in [1.54, 1.807) is 0 Å². The van der Waals surface area contributed by atoms with E-state index in [4.69, 9.17) is 15.3 Å². The Balaban J connectivity index is 4.23. The van der Waals surface area contributed by atoms with Gasteiger partial charge in [-0.1, -0.05) is 51.4 Å². The highest BCUT2D eigenvalue weighted by Crippen LogP contribution is 2.29. The smallest absolute Gasteiger partial charge is 0.116 e. The molecule has 0 saturated carbocycles. The summed E-state index contributed by atoms with van der Waals surface area (Å²) >= 11 is 0. The molecule has 3 unspecified atom stereocenters. The van der Waals surface area contributed by atoms with E-state index in [9.17, 15) is 15.3 Å². The maximum atomic E-state index is 10.9. The van der Waals surface area contributed by atoms with Crippen LogP contribution in [0.1, 0.15) is 89.9 Å². The number of hydrogen-bond donors (Lipinski definition) is 6. The molecule has 158 valence electrons. The van der Waals surface area contributed by atoms with Gasteiger partial charge in [0.2, 0.25) is 0 Å². The second-order valence-corrected chi connectivity index (χ2v) is 7.41. The predicted octanol–water partition coefficient (Wildman–Crippen LogP) is 1.88. The van der Waals surface area contributed by atoms with Crippen LogP contribution >= 0.6 is 0 Å². The fourth-order valence-electron chi connectivity index (χ4n) is 3.38. The average molecular weight is 379 g/mol. The summed E-state index contributed by atoms with van der Waals surface area (Å²) in [6, 6.07) is 0. The van der Waals surface area contributed by atoms with E-state index in [2.05, 4.69) is 0 Å². The minimum absolute atomic E-state index is 0.0832. The van der Waals surface area contributed by atoms with E-state index in [0.717, 1.165) is 51.4 Å². The van der Waals surface area contributed by atoms with Crippen LogP contribution in [0.25, 0.3) is 0 Å². The van der Waals surface area contributed by atoms with Gasteiger partial charge in [-0.15, -0.1) is 0 Å². The van der Waals surface area contributed by atoms with Gasteiger partial charge in [0.1, 0.15) is 5.60 Å². The Morgan fingerprint density at radius 1 is 0.500 bits per heavy atom. The minimum Gasteiger partial charge on any atom is -0.396 e. The van der Waals surface area contributed by atoms with Gasteiger partial charge in [0.15, 0.2) is 0 Å². The number of aliphatic hydroxyl groups excluding tert-OH is 5. The Labute approximate surface area is 158 Å². The van der Waals surface area contributed by atoms with E-state index in [1.807, 2.05) is 0 Å². The number of unbranched alkanes of at least 4 members (excludes halogenated alkanes) is 8. The molecule has 0 aliphatic carbocycles. The van der Waals surface area contributed by atoms with Crippen molar-refractivity contribution in [1.82, 2.24) is 0 Å². The monoisotopic (exact) mass is 378 g/mol. The molecule has 6 heteroatoms. The highest BCUT2D eigenvalue weighted by Gasteiger charge is 2.41. The molecular weight excluding hydrogens is 336 g/mol. The molecule has 0 radical (unpaired) electrons. The van der Waals surface area contributed by atoms with Crippen LogP contribution in [0.5, 0.6) is 0 Å². The first-order chi connectivity index (χ1) is 12.5. The lowest BCUT2D eigenvalue weighted by atomic mass is 9.81. The first kappa shape index (κ1) is 25.8. The van der Waals surface area contributed by atoms with Crippen molar-refractivity contribution in [2.24, 2.45) is 0 Å². The zero-order valence-corrected chi connectivity index (χ0v) is 16.4.